The monoisotopic (exact) mass is 610 g/mol. The van der Waals surface area contributed by atoms with Crippen molar-refractivity contribution in [2.45, 2.75) is 27.7 Å². The fourth-order valence-electron chi connectivity index (χ4n) is 6.40. The third kappa shape index (κ3) is 6.21. The molecule has 0 saturated heterocycles. The number of phenolic OH excluding ortho intramolecular Hbond substituents is 1. The zero-order valence-corrected chi connectivity index (χ0v) is 27.3. The van der Waals surface area contributed by atoms with E-state index in [2.05, 4.69) is 183 Å². The highest BCUT2D eigenvalue weighted by atomic mass is 16.3. The lowest BCUT2D eigenvalue weighted by Gasteiger charge is -2.27. The quantitative estimate of drug-likeness (QED) is 0.194. The molecule has 47 heavy (non-hydrogen) atoms. The minimum atomic E-state index is 0.259. The predicted molar refractivity (Wildman–Crippen MR) is 199 cm³/mol. The highest BCUT2D eigenvalue weighted by Crippen LogP contribution is 2.41. The van der Waals surface area contributed by atoms with Crippen LogP contribution in [0.3, 0.4) is 0 Å². The van der Waals surface area contributed by atoms with Gasteiger partial charge in [-0.2, -0.15) is 0 Å². The number of anilines is 6. The van der Waals surface area contributed by atoms with Gasteiger partial charge in [0.05, 0.1) is 0 Å². The van der Waals surface area contributed by atoms with Gasteiger partial charge in [-0.05, 0) is 151 Å². The van der Waals surface area contributed by atoms with E-state index in [-0.39, 0.29) is 5.75 Å². The highest BCUT2D eigenvalue weighted by Gasteiger charge is 2.16. The molecular weight excluding hydrogens is 572 g/mol. The largest absolute Gasteiger partial charge is 0.507 e. The van der Waals surface area contributed by atoms with Crippen molar-refractivity contribution >= 4 is 44.9 Å². The summed E-state index contributed by atoms with van der Waals surface area (Å²) in [5.74, 6) is 0.259. The van der Waals surface area contributed by atoms with Gasteiger partial charge in [0.1, 0.15) is 5.75 Å². The molecule has 0 saturated carbocycles. The van der Waals surface area contributed by atoms with Gasteiger partial charge in [0, 0.05) is 39.7 Å². The van der Waals surface area contributed by atoms with Crippen molar-refractivity contribution in [2.75, 3.05) is 9.80 Å². The number of aryl methyl sites for hydroxylation is 4. The second-order valence-corrected chi connectivity index (χ2v) is 12.5. The van der Waals surface area contributed by atoms with Crippen LogP contribution >= 0.6 is 0 Å². The molecule has 230 valence electrons. The predicted octanol–water partition coefficient (Wildman–Crippen LogP) is 12.4. The Hall–Kier alpha value is -5.80. The van der Waals surface area contributed by atoms with Gasteiger partial charge < -0.3 is 14.9 Å². The molecule has 0 amide bonds. The first-order chi connectivity index (χ1) is 22.8. The smallest absolute Gasteiger partial charge is 0.124 e. The van der Waals surface area contributed by atoms with Crippen LogP contribution in [0.4, 0.5) is 34.1 Å². The first kappa shape index (κ1) is 29.9. The SMILES string of the molecule is Cc1cccc(N(c2ccc(-c3cc4ccc(N(c5cccc(C)c5)c5cccc(C)c5)cc4cc3O)cc2)c2cccc(C)c2)c1. The van der Waals surface area contributed by atoms with E-state index in [4.69, 9.17) is 0 Å². The number of nitrogens with zero attached hydrogens (tertiary/aromatic N) is 2. The van der Waals surface area contributed by atoms with E-state index in [1.54, 1.807) is 0 Å². The van der Waals surface area contributed by atoms with Crippen LogP contribution in [0.1, 0.15) is 22.3 Å². The summed E-state index contributed by atoms with van der Waals surface area (Å²) in [6.07, 6.45) is 0. The Morgan fingerprint density at radius 3 is 1.21 bits per heavy atom. The summed E-state index contributed by atoms with van der Waals surface area (Å²) in [7, 11) is 0. The topological polar surface area (TPSA) is 26.7 Å². The molecule has 0 fully saturated rings. The van der Waals surface area contributed by atoms with Crippen molar-refractivity contribution in [2.24, 2.45) is 0 Å². The minimum Gasteiger partial charge on any atom is -0.507 e. The summed E-state index contributed by atoms with van der Waals surface area (Å²) in [6, 6.07) is 53.2. The average molecular weight is 611 g/mol. The molecule has 7 aromatic rings. The van der Waals surface area contributed by atoms with Crippen LogP contribution in [0.15, 0.2) is 152 Å². The molecular formula is C44H38N2O. The molecule has 0 spiro atoms. The van der Waals surface area contributed by atoms with Crippen LogP contribution in [0.2, 0.25) is 0 Å². The maximum Gasteiger partial charge on any atom is 0.124 e. The Morgan fingerprint density at radius 2 is 0.766 bits per heavy atom. The van der Waals surface area contributed by atoms with Gasteiger partial charge in [-0.15, -0.1) is 0 Å². The lowest BCUT2D eigenvalue weighted by Crippen LogP contribution is -2.10. The molecule has 0 aliphatic rings. The third-order valence-electron chi connectivity index (χ3n) is 8.67. The zero-order chi connectivity index (χ0) is 32.5. The molecule has 0 atom stereocenters. The van der Waals surface area contributed by atoms with Gasteiger partial charge in [0.15, 0.2) is 0 Å². The molecule has 0 aliphatic carbocycles. The van der Waals surface area contributed by atoms with E-state index < -0.39 is 0 Å². The van der Waals surface area contributed by atoms with Crippen molar-refractivity contribution in [1.29, 1.82) is 0 Å². The molecule has 3 nitrogen and oxygen atoms in total. The number of hydrogen-bond acceptors (Lipinski definition) is 3. The van der Waals surface area contributed by atoms with Gasteiger partial charge in [0.25, 0.3) is 0 Å². The molecule has 0 radical (unpaired) electrons. The Kier molecular flexibility index (Phi) is 7.97. The van der Waals surface area contributed by atoms with Crippen molar-refractivity contribution in [3.05, 3.63) is 174 Å². The van der Waals surface area contributed by atoms with Crippen LogP contribution in [0.5, 0.6) is 5.75 Å². The van der Waals surface area contributed by atoms with Crippen LogP contribution in [0.25, 0.3) is 21.9 Å². The Labute approximate surface area is 277 Å². The summed E-state index contributed by atoms with van der Waals surface area (Å²) >= 11 is 0. The number of benzene rings is 7. The van der Waals surface area contributed by atoms with E-state index in [0.717, 1.165) is 56.0 Å². The summed E-state index contributed by atoms with van der Waals surface area (Å²) in [5.41, 5.74) is 13.1. The second kappa shape index (κ2) is 12.5. The molecule has 1 N–H and O–H groups in total. The zero-order valence-electron chi connectivity index (χ0n) is 27.3. The van der Waals surface area contributed by atoms with Gasteiger partial charge in [0.2, 0.25) is 0 Å². The maximum atomic E-state index is 11.4. The van der Waals surface area contributed by atoms with E-state index >= 15 is 0 Å². The van der Waals surface area contributed by atoms with Crippen molar-refractivity contribution in [3.8, 4) is 16.9 Å². The summed E-state index contributed by atoms with van der Waals surface area (Å²) < 4.78 is 0. The van der Waals surface area contributed by atoms with Crippen LogP contribution < -0.4 is 9.80 Å². The summed E-state index contributed by atoms with van der Waals surface area (Å²) in [4.78, 5) is 4.55. The number of rotatable bonds is 7. The number of fused-ring (bicyclic) bond motifs is 1. The van der Waals surface area contributed by atoms with E-state index in [1.807, 2.05) is 6.07 Å². The average Bonchev–Trinajstić information content (AvgIpc) is 3.05. The van der Waals surface area contributed by atoms with Crippen LogP contribution in [-0.2, 0) is 0 Å². The van der Waals surface area contributed by atoms with Crippen molar-refractivity contribution in [1.82, 2.24) is 0 Å². The van der Waals surface area contributed by atoms with E-state index in [1.165, 1.54) is 22.3 Å². The lowest BCUT2D eigenvalue weighted by atomic mass is 9.98. The molecule has 7 aromatic carbocycles. The molecule has 0 bridgehead atoms. The second-order valence-electron chi connectivity index (χ2n) is 12.5. The van der Waals surface area contributed by atoms with Gasteiger partial charge in [-0.1, -0.05) is 66.7 Å². The van der Waals surface area contributed by atoms with Gasteiger partial charge in [-0.25, -0.2) is 0 Å². The molecule has 3 heteroatoms. The van der Waals surface area contributed by atoms with Crippen molar-refractivity contribution < 1.29 is 5.11 Å². The normalized spacial score (nSPS) is 11.1. The van der Waals surface area contributed by atoms with E-state index in [0.29, 0.717) is 0 Å². The van der Waals surface area contributed by atoms with E-state index in [9.17, 15) is 5.11 Å². The Morgan fingerprint density at radius 1 is 0.362 bits per heavy atom. The number of aromatic hydroxyl groups is 1. The summed E-state index contributed by atoms with van der Waals surface area (Å²) in [6.45, 7) is 8.48. The Bertz CT molecular complexity index is 2130. The summed E-state index contributed by atoms with van der Waals surface area (Å²) in [5, 5.41) is 13.4. The fraction of sp³-hybridized carbons (Fsp3) is 0.0909. The molecule has 7 rings (SSSR count). The first-order valence-electron chi connectivity index (χ1n) is 16.1. The standard InChI is InChI=1S/C44H38N2O/c1-30-9-5-13-38(23-30)45(39-14-6-10-31(2)24-39)37-20-17-34(18-21-37)43-28-35-19-22-42(27-36(35)29-44(43)47)46(40-15-7-11-32(3)25-40)41-16-8-12-33(4)26-41/h5-29,47H,1-4H3. The minimum absolute atomic E-state index is 0.259. The third-order valence-corrected chi connectivity index (χ3v) is 8.67. The molecule has 0 unspecified atom stereocenters. The van der Waals surface area contributed by atoms with Gasteiger partial charge in [-0.3, -0.25) is 0 Å². The van der Waals surface area contributed by atoms with Crippen LogP contribution in [-0.4, -0.2) is 5.11 Å². The first-order valence-corrected chi connectivity index (χ1v) is 16.1. The molecule has 0 aliphatic heterocycles. The van der Waals surface area contributed by atoms with Crippen molar-refractivity contribution in [3.63, 3.8) is 0 Å². The van der Waals surface area contributed by atoms with Crippen LogP contribution in [0, 0.1) is 27.7 Å². The molecule has 0 aromatic heterocycles. The Balaban J connectivity index is 1.26. The highest BCUT2D eigenvalue weighted by molar-refractivity contribution is 5.94. The number of hydrogen-bond donors (Lipinski definition) is 1. The fourth-order valence-corrected chi connectivity index (χ4v) is 6.40. The van der Waals surface area contributed by atoms with Gasteiger partial charge >= 0.3 is 0 Å². The molecule has 0 heterocycles. The maximum absolute atomic E-state index is 11.4. The lowest BCUT2D eigenvalue weighted by molar-refractivity contribution is 0.478. The number of phenols is 1.